The Labute approximate surface area is 165 Å². The molecule has 0 aliphatic carbocycles. The van der Waals surface area contributed by atoms with Gasteiger partial charge in [-0.1, -0.05) is 36.5 Å². The van der Waals surface area contributed by atoms with Crippen LogP contribution in [0.25, 0.3) is 11.0 Å². The van der Waals surface area contributed by atoms with Gasteiger partial charge < -0.3 is 13.9 Å². The summed E-state index contributed by atoms with van der Waals surface area (Å²) < 4.78 is 15.8. The molecule has 140 valence electrons. The molecule has 0 N–H and O–H groups in total. The van der Waals surface area contributed by atoms with Crippen LogP contribution >= 0.6 is 23.2 Å². The third-order valence-corrected chi connectivity index (χ3v) is 4.32. The summed E-state index contributed by atoms with van der Waals surface area (Å²) in [5.74, 6) is -0.0331. The largest absolute Gasteiger partial charge is 0.480 e. The van der Waals surface area contributed by atoms with Crippen LogP contribution in [-0.2, 0) is 11.2 Å². The van der Waals surface area contributed by atoms with Gasteiger partial charge in [0, 0.05) is 22.5 Å². The van der Waals surface area contributed by atoms with Crippen LogP contribution in [0.15, 0.2) is 51.7 Å². The first-order valence-electron chi connectivity index (χ1n) is 8.31. The fraction of sp³-hybridized carbons (Fsp3) is 0.200. The van der Waals surface area contributed by atoms with Crippen LogP contribution in [0.4, 0.5) is 0 Å². The van der Waals surface area contributed by atoms with E-state index in [1.54, 1.807) is 24.3 Å². The molecule has 0 fully saturated rings. The van der Waals surface area contributed by atoms with E-state index in [4.69, 9.17) is 37.1 Å². The zero-order valence-corrected chi connectivity index (χ0v) is 16.0. The number of esters is 1. The quantitative estimate of drug-likeness (QED) is 0.326. The molecule has 0 unspecified atom stereocenters. The van der Waals surface area contributed by atoms with Crippen molar-refractivity contribution in [2.45, 2.75) is 19.8 Å². The second-order valence-electron chi connectivity index (χ2n) is 5.84. The van der Waals surface area contributed by atoms with Crippen molar-refractivity contribution >= 4 is 40.1 Å². The van der Waals surface area contributed by atoms with E-state index in [2.05, 4.69) is 0 Å². The number of carbonyl (C=O) groups is 1. The van der Waals surface area contributed by atoms with E-state index in [0.29, 0.717) is 21.4 Å². The predicted molar refractivity (Wildman–Crippen MR) is 104 cm³/mol. The van der Waals surface area contributed by atoms with Crippen molar-refractivity contribution in [3.05, 3.63) is 68.5 Å². The molecular formula is C20H16Cl2O5. The number of carbonyl (C=O) groups excluding carboxylic acids is 1. The zero-order valence-electron chi connectivity index (χ0n) is 14.5. The lowest BCUT2D eigenvalue weighted by Crippen LogP contribution is -2.17. The molecule has 5 nitrogen and oxygen atoms in total. The molecule has 0 radical (unpaired) electrons. The first-order chi connectivity index (χ1) is 13.0. The fourth-order valence-corrected chi connectivity index (χ4v) is 3.10. The Bertz CT molecular complexity index is 1040. The number of benzene rings is 2. The van der Waals surface area contributed by atoms with E-state index in [0.717, 1.165) is 23.8 Å². The first-order valence-corrected chi connectivity index (χ1v) is 9.07. The third-order valence-electron chi connectivity index (χ3n) is 3.79. The number of hydrogen-bond acceptors (Lipinski definition) is 5. The Balaban J connectivity index is 1.72. The van der Waals surface area contributed by atoms with Gasteiger partial charge in [0.2, 0.25) is 0 Å². The summed E-state index contributed by atoms with van der Waals surface area (Å²) in [6, 6.07) is 11.1. The number of hydrogen-bond donors (Lipinski definition) is 0. The van der Waals surface area contributed by atoms with Crippen LogP contribution in [0.3, 0.4) is 0 Å². The predicted octanol–water partition coefficient (Wildman–Crippen LogP) is 5.04. The van der Waals surface area contributed by atoms with Crippen LogP contribution in [0.1, 0.15) is 18.9 Å². The molecule has 3 aromatic rings. The standard InChI is InChI=1S/C20H16Cl2O5/c1-2-3-12-8-19(23)27-18-10-14(5-6-15(12)18)26-20(24)11-25-17-7-4-13(21)9-16(17)22/h4-10H,2-3,11H2,1H3. The Kier molecular flexibility index (Phi) is 6.04. The highest BCUT2D eigenvalue weighted by Gasteiger charge is 2.11. The minimum atomic E-state index is -0.618. The number of aryl methyl sites for hydroxylation is 1. The smallest absolute Gasteiger partial charge is 0.349 e. The highest BCUT2D eigenvalue weighted by molar-refractivity contribution is 6.35. The van der Waals surface area contributed by atoms with Crippen molar-refractivity contribution in [3.8, 4) is 11.5 Å². The molecule has 27 heavy (non-hydrogen) atoms. The van der Waals surface area contributed by atoms with Gasteiger partial charge in [-0.15, -0.1) is 0 Å². The molecule has 0 atom stereocenters. The Hall–Kier alpha value is -2.50. The van der Waals surface area contributed by atoms with Crippen molar-refractivity contribution in [1.82, 2.24) is 0 Å². The van der Waals surface area contributed by atoms with Gasteiger partial charge in [0.15, 0.2) is 6.61 Å². The molecule has 0 aliphatic heterocycles. The van der Waals surface area contributed by atoms with Crippen LogP contribution in [0.2, 0.25) is 10.0 Å². The summed E-state index contributed by atoms with van der Waals surface area (Å²) in [5, 5.41) is 1.58. The molecule has 0 spiro atoms. The summed E-state index contributed by atoms with van der Waals surface area (Å²) in [4.78, 5) is 23.7. The lowest BCUT2D eigenvalue weighted by Gasteiger charge is -2.09. The zero-order chi connectivity index (χ0) is 19.4. The monoisotopic (exact) mass is 406 g/mol. The molecular weight excluding hydrogens is 391 g/mol. The molecule has 0 bridgehead atoms. The van der Waals surface area contributed by atoms with Crippen molar-refractivity contribution in [2.75, 3.05) is 6.61 Å². The van der Waals surface area contributed by atoms with E-state index >= 15 is 0 Å². The van der Waals surface area contributed by atoms with E-state index in [9.17, 15) is 9.59 Å². The van der Waals surface area contributed by atoms with E-state index < -0.39 is 11.6 Å². The van der Waals surface area contributed by atoms with Gasteiger partial charge in [0.25, 0.3) is 0 Å². The first kappa shape index (κ1) is 19.3. The summed E-state index contributed by atoms with van der Waals surface area (Å²) in [6.45, 7) is 1.70. The molecule has 7 heteroatoms. The minimum absolute atomic E-state index is 0.259. The second kappa shape index (κ2) is 8.46. The summed E-state index contributed by atoms with van der Waals surface area (Å²) in [7, 11) is 0. The topological polar surface area (TPSA) is 65.7 Å². The maximum atomic E-state index is 12.0. The number of fused-ring (bicyclic) bond motifs is 1. The molecule has 0 saturated carbocycles. The lowest BCUT2D eigenvalue weighted by atomic mass is 10.1. The molecule has 0 aliphatic rings. The van der Waals surface area contributed by atoms with Crippen molar-refractivity contribution < 1.29 is 18.7 Å². The van der Waals surface area contributed by atoms with Gasteiger partial charge in [-0.05, 0) is 42.3 Å². The Morgan fingerprint density at radius 1 is 1.11 bits per heavy atom. The third kappa shape index (κ3) is 4.81. The van der Waals surface area contributed by atoms with Crippen LogP contribution in [-0.4, -0.2) is 12.6 Å². The van der Waals surface area contributed by atoms with Gasteiger partial charge in [-0.2, -0.15) is 0 Å². The average molecular weight is 407 g/mol. The SMILES string of the molecule is CCCc1cc(=O)oc2cc(OC(=O)COc3ccc(Cl)cc3Cl)ccc12. The number of halogens is 2. The average Bonchev–Trinajstić information content (AvgIpc) is 2.61. The molecule has 3 rings (SSSR count). The van der Waals surface area contributed by atoms with Crippen LogP contribution in [0.5, 0.6) is 11.5 Å². The van der Waals surface area contributed by atoms with Crippen molar-refractivity contribution in [3.63, 3.8) is 0 Å². The van der Waals surface area contributed by atoms with Gasteiger partial charge in [-0.3, -0.25) is 0 Å². The normalized spacial score (nSPS) is 10.8. The summed E-state index contributed by atoms with van der Waals surface area (Å²) in [6.07, 6.45) is 1.66. The molecule has 1 aromatic heterocycles. The molecule has 0 amide bonds. The van der Waals surface area contributed by atoms with Gasteiger partial charge in [0.05, 0.1) is 5.02 Å². The minimum Gasteiger partial charge on any atom is -0.480 e. The number of ether oxygens (including phenoxy) is 2. The highest BCUT2D eigenvalue weighted by Crippen LogP contribution is 2.28. The maximum Gasteiger partial charge on any atom is 0.349 e. The number of rotatable bonds is 6. The van der Waals surface area contributed by atoms with Crippen LogP contribution < -0.4 is 15.1 Å². The lowest BCUT2D eigenvalue weighted by molar-refractivity contribution is -0.136. The fourth-order valence-electron chi connectivity index (χ4n) is 2.64. The van der Waals surface area contributed by atoms with Crippen molar-refractivity contribution in [1.29, 1.82) is 0 Å². The van der Waals surface area contributed by atoms with Gasteiger partial charge >= 0.3 is 11.6 Å². The molecule has 0 saturated heterocycles. The second-order valence-corrected chi connectivity index (χ2v) is 6.68. The van der Waals surface area contributed by atoms with Crippen LogP contribution in [0, 0.1) is 0 Å². The molecule has 2 aromatic carbocycles. The highest BCUT2D eigenvalue weighted by atomic mass is 35.5. The molecule has 1 heterocycles. The van der Waals surface area contributed by atoms with E-state index in [1.807, 2.05) is 6.92 Å². The van der Waals surface area contributed by atoms with E-state index in [-0.39, 0.29) is 12.4 Å². The van der Waals surface area contributed by atoms with Gasteiger partial charge in [0.1, 0.15) is 17.1 Å². The summed E-state index contributed by atoms with van der Waals surface area (Å²) >= 11 is 11.8. The van der Waals surface area contributed by atoms with Crippen molar-refractivity contribution in [2.24, 2.45) is 0 Å². The van der Waals surface area contributed by atoms with Gasteiger partial charge in [-0.25, -0.2) is 9.59 Å². The summed E-state index contributed by atoms with van der Waals surface area (Å²) in [5.41, 5.74) is 0.843. The Morgan fingerprint density at radius 2 is 1.93 bits per heavy atom. The maximum absolute atomic E-state index is 12.0. The van der Waals surface area contributed by atoms with E-state index in [1.165, 1.54) is 18.2 Å². The Morgan fingerprint density at radius 3 is 2.67 bits per heavy atom.